The molecule has 2 amide bonds. The molecule has 12 heteroatoms. The largest absolute Gasteiger partial charge is 0.493 e. The zero-order valence-electron chi connectivity index (χ0n) is 26.6. The first kappa shape index (κ1) is 35.6. The quantitative estimate of drug-likeness (QED) is 0.166. The average Bonchev–Trinajstić information content (AvgIpc) is 3.06. The van der Waals surface area contributed by atoms with Gasteiger partial charge in [-0.1, -0.05) is 77.3 Å². The number of hydrogen-bond donors (Lipinski definition) is 1. The monoisotopic (exact) mass is 697 g/mol. The minimum Gasteiger partial charge on any atom is -0.493 e. The van der Waals surface area contributed by atoms with Crippen LogP contribution in [0.1, 0.15) is 23.6 Å². The Bertz CT molecular complexity index is 1780. The number of halogens is 2. The first-order chi connectivity index (χ1) is 22.5. The highest BCUT2D eigenvalue weighted by molar-refractivity contribution is 7.92. The number of benzene rings is 4. The molecular weight excluding hydrogens is 661 g/mol. The molecule has 0 aliphatic heterocycles. The molecular formula is C35H37Cl2N3O6S. The maximum Gasteiger partial charge on any atom is 0.264 e. The Hall–Kier alpha value is -4.25. The van der Waals surface area contributed by atoms with Crippen LogP contribution in [-0.4, -0.2) is 58.5 Å². The summed E-state index contributed by atoms with van der Waals surface area (Å²) in [5.41, 5.74) is 2.25. The van der Waals surface area contributed by atoms with Gasteiger partial charge in [-0.25, -0.2) is 8.42 Å². The molecule has 0 fully saturated rings. The van der Waals surface area contributed by atoms with Gasteiger partial charge in [0.25, 0.3) is 10.0 Å². The lowest BCUT2D eigenvalue weighted by Gasteiger charge is -2.34. The van der Waals surface area contributed by atoms with Crippen molar-refractivity contribution in [2.24, 2.45) is 0 Å². The van der Waals surface area contributed by atoms with E-state index < -0.39 is 34.4 Å². The van der Waals surface area contributed by atoms with Gasteiger partial charge in [-0.05, 0) is 55.8 Å². The summed E-state index contributed by atoms with van der Waals surface area (Å²) in [7, 11) is -1.41. The van der Waals surface area contributed by atoms with Crippen LogP contribution >= 0.6 is 23.2 Å². The molecule has 4 rings (SSSR count). The van der Waals surface area contributed by atoms with E-state index in [1.165, 1.54) is 43.4 Å². The number of carbonyl (C=O) groups excluding carboxylic acids is 2. The van der Waals surface area contributed by atoms with E-state index in [1.807, 2.05) is 37.3 Å². The molecule has 0 aliphatic carbocycles. The third-order valence-electron chi connectivity index (χ3n) is 7.56. The fraction of sp³-hybridized carbons (Fsp3) is 0.257. The second kappa shape index (κ2) is 16.0. The molecule has 1 N–H and O–H groups in total. The summed E-state index contributed by atoms with van der Waals surface area (Å²) < 4.78 is 40.4. The highest BCUT2D eigenvalue weighted by atomic mass is 35.5. The average molecular weight is 699 g/mol. The van der Waals surface area contributed by atoms with Gasteiger partial charge >= 0.3 is 0 Å². The number of anilines is 1. The predicted molar refractivity (Wildman–Crippen MR) is 185 cm³/mol. The Morgan fingerprint density at radius 3 is 2.09 bits per heavy atom. The minimum atomic E-state index is -4.31. The van der Waals surface area contributed by atoms with E-state index in [-0.39, 0.29) is 29.3 Å². The molecule has 9 nitrogen and oxygen atoms in total. The molecule has 4 aromatic rings. The van der Waals surface area contributed by atoms with Crippen LogP contribution in [0.25, 0.3) is 0 Å². The van der Waals surface area contributed by atoms with E-state index in [2.05, 4.69) is 5.32 Å². The van der Waals surface area contributed by atoms with Crippen LogP contribution in [0.3, 0.4) is 0 Å². The molecule has 0 aromatic heterocycles. The molecule has 0 heterocycles. The highest BCUT2D eigenvalue weighted by Crippen LogP contribution is 2.34. The molecule has 0 saturated carbocycles. The second-order valence-corrected chi connectivity index (χ2v) is 13.4. The zero-order valence-corrected chi connectivity index (χ0v) is 28.9. The van der Waals surface area contributed by atoms with Crippen LogP contribution in [0.15, 0.2) is 95.9 Å². The number of nitrogens with zero attached hydrogens (tertiary/aromatic N) is 2. The maximum atomic E-state index is 14.6. The molecule has 0 saturated heterocycles. The summed E-state index contributed by atoms with van der Waals surface area (Å²) in [6.45, 7) is 3.13. The molecule has 47 heavy (non-hydrogen) atoms. The van der Waals surface area contributed by atoms with E-state index in [4.69, 9.17) is 32.7 Å². The Kier molecular flexibility index (Phi) is 12.1. The summed E-state index contributed by atoms with van der Waals surface area (Å²) in [6, 6.07) is 24.1. The lowest BCUT2D eigenvalue weighted by molar-refractivity contribution is -0.140. The Morgan fingerprint density at radius 2 is 1.49 bits per heavy atom. The van der Waals surface area contributed by atoms with Crippen LogP contribution in [0.2, 0.25) is 10.0 Å². The number of aryl methyl sites for hydroxylation is 1. The van der Waals surface area contributed by atoms with Gasteiger partial charge in [0.15, 0.2) is 11.5 Å². The molecule has 248 valence electrons. The summed E-state index contributed by atoms with van der Waals surface area (Å²) in [4.78, 5) is 29.6. The van der Waals surface area contributed by atoms with Gasteiger partial charge in [0.05, 0.1) is 24.8 Å². The molecule has 0 spiro atoms. The van der Waals surface area contributed by atoms with Crippen molar-refractivity contribution in [3.8, 4) is 11.5 Å². The molecule has 0 radical (unpaired) electrons. The van der Waals surface area contributed by atoms with Crippen molar-refractivity contribution in [2.45, 2.75) is 37.8 Å². The van der Waals surface area contributed by atoms with Crippen molar-refractivity contribution in [2.75, 3.05) is 31.6 Å². The normalized spacial score (nSPS) is 11.8. The first-order valence-corrected chi connectivity index (χ1v) is 17.0. The Morgan fingerprint density at radius 1 is 0.851 bits per heavy atom. The SMILES string of the molecule is CCNC(=O)[C@H](Cc1ccccc1)N(Cc1c(Cl)cccc1Cl)C(=O)CN(c1ccc(OC)c(OC)c1)S(=O)(=O)c1ccc(C)cc1. The standard InChI is InChI=1S/C35H37Cl2N3O6S/c1-5-38-35(42)31(20-25-10-7-6-8-11-25)39(22-28-29(36)12-9-13-30(28)37)34(41)23-40(26-16-19-32(45-3)33(21-26)46-4)47(43,44)27-17-14-24(2)15-18-27/h6-19,21,31H,5,20,22-23H2,1-4H3,(H,38,42)/t31-/m0/s1. The van der Waals surface area contributed by atoms with Crippen molar-refractivity contribution in [1.29, 1.82) is 0 Å². The number of methoxy groups -OCH3 is 2. The lowest BCUT2D eigenvalue weighted by Crippen LogP contribution is -2.53. The van der Waals surface area contributed by atoms with E-state index >= 15 is 0 Å². The smallest absolute Gasteiger partial charge is 0.264 e. The van der Waals surface area contributed by atoms with E-state index in [0.717, 1.165) is 15.4 Å². The van der Waals surface area contributed by atoms with Crippen LogP contribution in [0, 0.1) is 6.92 Å². The molecule has 4 aromatic carbocycles. The summed E-state index contributed by atoms with van der Waals surface area (Å²) >= 11 is 13.1. The van der Waals surface area contributed by atoms with Gasteiger partial charge in [0, 0.05) is 41.2 Å². The molecule has 0 bridgehead atoms. The third-order valence-corrected chi connectivity index (χ3v) is 10.1. The van der Waals surface area contributed by atoms with Gasteiger partial charge in [-0.3, -0.25) is 13.9 Å². The van der Waals surface area contributed by atoms with E-state index in [1.54, 1.807) is 43.3 Å². The number of sulfonamides is 1. The van der Waals surface area contributed by atoms with Crippen molar-refractivity contribution < 1.29 is 27.5 Å². The minimum absolute atomic E-state index is 0.0176. The maximum absolute atomic E-state index is 14.6. The Balaban J connectivity index is 1.87. The predicted octanol–water partition coefficient (Wildman–Crippen LogP) is 6.29. The Labute approximate surface area is 286 Å². The van der Waals surface area contributed by atoms with Crippen molar-refractivity contribution >= 4 is 50.7 Å². The van der Waals surface area contributed by atoms with Crippen LogP contribution in [0.5, 0.6) is 11.5 Å². The van der Waals surface area contributed by atoms with Crippen LogP contribution < -0.4 is 19.1 Å². The van der Waals surface area contributed by atoms with Crippen molar-refractivity contribution in [1.82, 2.24) is 10.2 Å². The number of ether oxygens (including phenoxy) is 2. The van der Waals surface area contributed by atoms with Gasteiger partial charge in [-0.15, -0.1) is 0 Å². The van der Waals surface area contributed by atoms with Crippen LogP contribution in [0.4, 0.5) is 5.69 Å². The van der Waals surface area contributed by atoms with Gasteiger partial charge in [0.1, 0.15) is 12.6 Å². The molecule has 0 aliphatic rings. The molecule has 1 atom stereocenters. The lowest BCUT2D eigenvalue weighted by atomic mass is 10.0. The first-order valence-electron chi connectivity index (χ1n) is 14.9. The van der Waals surface area contributed by atoms with Gasteiger partial charge in [0.2, 0.25) is 11.8 Å². The van der Waals surface area contributed by atoms with Crippen LogP contribution in [-0.2, 0) is 32.6 Å². The molecule has 0 unspecified atom stereocenters. The summed E-state index contributed by atoms with van der Waals surface area (Å²) in [5.74, 6) is -0.416. The van der Waals surface area contributed by atoms with Crippen molar-refractivity contribution in [3.05, 3.63) is 118 Å². The number of hydrogen-bond acceptors (Lipinski definition) is 6. The topological polar surface area (TPSA) is 105 Å². The fourth-order valence-electron chi connectivity index (χ4n) is 5.05. The number of nitrogens with one attached hydrogen (secondary N) is 1. The zero-order chi connectivity index (χ0) is 34.1. The number of rotatable bonds is 14. The van der Waals surface area contributed by atoms with Gasteiger partial charge < -0.3 is 19.7 Å². The number of carbonyl (C=O) groups is 2. The third kappa shape index (κ3) is 8.57. The number of likely N-dealkylation sites (N-methyl/N-ethyl adjacent to an activating group) is 1. The number of amides is 2. The summed E-state index contributed by atoms with van der Waals surface area (Å²) in [5, 5.41) is 3.43. The fourth-order valence-corrected chi connectivity index (χ4v) is 6.97. The van der Waals surface area contributed by atoms with E-state index in [0.29, 0.717) is 27.9 Å². The van der Waals surface area contributed by atoms with E-state index in [9.17, 15) is 18.0 Å². The summed E-state index contributed by atoms with van der Waals surface area (Å²) in [6.07, 6.45) is 0.154. The highest BCUT2D eigenvalue weighted by Gasteiger charge is 2.35. The van der Waals surface area contributed by atoms with Gasteiger partial charge in [-0.2, -0.15) is 0 Å². The van der Waals surface area contributed by atoms with Crippen molar-refractivity contribution in [3.63, 3.8) is 0 Å². The second-order valence-electron chi connectivity index (χ2n) is 10.7.